The van der Waals surface area contributed by atoms with Gasteiger partial charge in [0.25, 0.3) is 5.56 Å². The summed E-state index contributed by atoms with van der Waals surface area (Å²) in [5.74, 6) is 1.79. The zero-order valence-corrected chi connectivity index (χ0v) is 11.0. The number of rotatable bonds is 6. The summed E-state index contributed by atoms with van der Waals surface area (Å²) in [7, 11) is 0. The SMILES string of the molecule is O=c1cc(CCl)nc(C2(COCC3CC3)CC2)[nH]1. The first-order valence-corrected chi connectivity index (χ1v) is 7.00. The van der Waals surface area contributed by atoms with Crippen LogP contribution in [-0.2, 0) is 16.0 Å². The van der Waals surface area contributed by atoms with Gasteiger partial charge < -0.3 is 9.72 Å². The third kappa shape index (κ3) is 2.59. The Balaban J connectivity index is 1.71. The second kappa shape index (κ2) is 4.67. The maximum Gasteiger partial charge on any atom is 0.251 e. The number of nitrogens with one attached hydrogen (secondary N) is 1. The highest BCUT2D eigenvalue weighted by atomic mass is 35.5. The molecule has 1 aromatic rings. The lowest BCUT2D eigenvalue weighted by Crippen LogP contribution is -2.24. The number of halogens is 1. The Hall–Kier alpha value is -0.870. The lowest BCUT2D eigenvalue weighted by Gasteiger charge is -2.15. The van der Waals surface area contributed by atoms with Gasteiger partial charge in [-0.25, -0.2) is 4.98 Å². The Morgan fingerprint density at radius 3 is 2.89 bits per heavy atom. The summed E-state index contributed by atoms with van der Waals surface area (Å²) in [6.07, 6.45) is 4.66. The molecule has 0 unspecified atom stereocenters. The number of alkyl halides is 1. The highest BCUT2D eigenvalue weighted by molar-refractivity contribution is 6.16. The zero-order chi connectivity index (χ0) is 12.6. The molecule has 0 aliphatic heterocycles. The van der Waals surface area contributed by atoms with E-state index in [4.69, 9.17) is 16.3 Å². The summed E-state index contributed by atoms with van der Waals surface area (Å²) in [5.41, 5.74) is 0.462. The van der Waals surface area contributed by atoms with Crippen LogP contribution in [0.4, 0.5) is 0 Å². The smallest absolute Gasteiger partial charge is 0.251 e. The number of hydrogen-bond donors (Lipinski definition) is 1. The van der Waals surface area contributed by atoms with Crippen LogP contribution < -0.4 is 5.56 Å². The quantitative estimate of drug-likeness (QED) is 0.803. The Morgan fingerprint density at radius 2 is 2.28 bits per heavy atom. The van der Waals surface area contributed by atoms with Crippen LogP contribution in [0.25, 0.3) is 0 Å². The molecule has 0 saturated heterocycles. The highest BCUT2D eigenvalue weighted by Crippen LogP contribution is 2.46. The molecule has 1 N–H and O–H groups in total. The van der Waals surface area contributed by atoms with Crippen molar-refractivity contribution in [2.45, 2.75) is 37.0 Å². The molecule has 1 aromatic heterocycles. The Morgan fingerprint density at radius 1 is 1.50 bits per heavy atom. The summed E-state index contributed by atoms with van der Waals surface area (Å²) < 4.78 is 5.76. The van der Waals surface area contributed by atoms with E-state index >= 15 is 0 Å². The molecule has 5 heteroatoms. The molecule has 3 rings (SSSR count). The second-order valence-corrected chi connectivity index (χ2v) is 5.73. The fraction of sp³-hybridized carbons (Fsp3) is 0.692. The van der Waals surface area contributed by atoms with E-state index in [0.717, 1.165) is 31.2 Å². The number of aromatic nitrogens is 2. The molecule has 0 bridgehead atoms. The highest BCUT2D eigenvalue weighted by Gasteiger charge is 2.47. The molecular weight excluding hydrogens is 252 g/mol. The minimum absolute atomic E-state index is 0.0594. The maximum atomic E-state index is 11.5. The number of nitrogens with zero attached hydrogens (tertiary/aromatic N) is 1. The molecule has 0 aromatic carbocycles. The van der Waals surface area contributed by atoms with Gasteiger partial charge in [-0.3, -0.25) is 4.79 Å². The monoisotopic (exact) mass is 268 g/mol. The lowest BCUT2D eigenvalue weighted by molar-refractivity contribution is 0.102. The van der Waals surface area contributed by atoms with Gasteiger partial charge in [0, 0.05) is 12.7 Å². The predicted molar refractivity (Wildman–Crippen MR) is 68.9 cm³/mol. The van der Waals surface area contributed by atoms with E-state index in [1.807, 2.05) is 0 Å². The van der Waals surface area contributed by atoms with Crippen molar-refractivity contribution in [3.8, 4) is 0 Å². The van der Waals surface area contributed by atoms with Gasteiger partial charge in [0.15, 0.2) is 0 Å². The minimum Gasteiger partial charge on any atom is -0.380 e. The van der Waals surface area contributed by atoms with Gasteiger partial charge in [-0.05, 0) is 31.6 Å². The third-order valence-corrected chi connectivity index (χ3v) is 3.99. The molecule has 0 atom stereocenters. The van der Waals surface area contributed by atoms with E-state index in [-0.39, 0.29) is 16.9 Å². The fourth-order valence-electron chi connectivity index (χ4n) is 2.13. The molecule has 2 fully saturated rings. The zero-order valence-electron chi connectivity index (χ0n) is 10.2. The van der Waals surface area contributed by atoms with E-state index in [0.29, 0.717) is 12.3 Å². The predicted octanol–water partition coefficient (Wildman–Crippen LogP) is 1.97. The van der Waals surface area contributed by atoms with E-state index in [2.05, 4.69) is 9.97 Å². The van der Waals surface area contributed by atoms with Gasteiger partial charge in [0.2, 0.25) is 0 Å². The van der Waals surface area contributed by atoms with Gasteiger partial charge in [-0.15, -0.1) is 11.6 Å². The van der Waals surface area contributed by atoms with Crippen LogP contribution in [0.3, 0.4) is 0 Å². The van der Waals surface area contributed by atoms with Crippen LogP contribution in [-0.4, -0.2) is 23.2 Å². The number of hydrogen-bond acceptors (Lipinski definition) is 3. The Labute approximate surface area is 111 Å². The van der Waals surface area contributed by atoms with E-state index in [1.54, 1.807) is 0 Å². The maximum absolute atomic E-state index is 11.5. The number of aromatic amines is 1. The van der Waals surface area contributed by atoms with Crippen LogP contribution in [0, 0.1) is 5.92 Å². The van der Waals surface area contributed by atoms with Crippen molar-refractivity contribution in [2.24, 2.45) is 5.92 Å². The van der Waals surface area contributed by atoms with Gasteiger partial charge in [-0.1, -0.05) is 0 Å². The van der Waals surface area contributed by atoms with Crippen LogP contribution in [0.1, 0.15) is 37.2 Å². The molecule has 2 aliphatic rings. The molecule has 0 radical (unpaired) electrons. The topological polar surface area (TPSA) is 55.0 Å². The van der Waals surface area contributed by atoms with Gasteiger partial charge in [0.05, 0.1) is 23.6 Å². The summed E-state index contributed by atoms with van der Waals surface area (Å²) in [6.45, 7) is 1.51. The minimum atomic E-state index is -0.121. The molecule has 98 valence electrons. The molecule has 0 spiro atoms. The molecule has 0 amide bonds. The number of ether oxygens (including phenoxy) is 1. The summed E-state index contributed by atoms with van der Waals surface area (Å²) in [5, 5.41) is 0. The first-order chi connectivity index (χ1) is 8.72. The van der Waals surface area contributed by atoms with Crippen LogP contribution in [0.5, 0.6) is 0 Å². The molecule has 2 saturated carbocycles. The second-order valence-electron chi connectivity index (χ2n) is 5.46. The van der Waals surface area contributed by atoms with Gasteiger partial charge in [0.1, 0.15) is 5.82 Å². The summed E-state index contributed by atoms with van der Waals surface area (Å²) in [6, 6.07) is 1.46. The fourth-order valence-corrected chi connectivity index (χ4v) is 2.27. The van der Waals surface area contributed by atoms with Crippen molar-refractivity contribution >= 4 is 11.6 Å². The largest absolute Gasteiger partial charge is 0.380 e. The first-order valence-electron chi connectivity index (χ1n) is 6.46. The molecule has 4 nitrogen and oxygen atoms in total. The Bertz CT molecular complexity index is 492. The standard InChI is InChI=1S/C13H17ClN2O2/c14-6-10-5-11(17)16-12(15-10)13(3-4-13)8-18-7-9-1-2-9/h5,9H,1-4,6-8H2,(H,15,16,17). The van der Waals surface area contributed by atoms with Gasteiger partial charge in [-0.2, -0.15) is 0 Å². The third-order valence-electron chi connectivity index (χ3n) is 3.72. The Kier molecular flexibility index (Phi) is 3.16. The number of H-pyrrole nitrogens is 1. The van der Waals surface area contributed by atoms with Crippen LogP contribution in [0.2, 0.25) is 0 Å². The van der Waals surface area contributed by atoms with Crippen molar-refractivity contribution in [1.29, 1.82) is 0 Å². The average molecular weight is 269 g/mol. The van der Waals surface area contributed by atoms with Crippen LogP contribution in [0.15, 0.2) is 10.9 Å². The summed E-state index contributed by atoms with van der Waals surface area (Å²) >= 11 is 5.75. The van der Waals surface area contributed by atoms with Crippen molar-refractivity contribution < 1.29 is 4.74 Å². The molecule has 2 aliphatic carbocycles. The molecule has 18 heavy (non-hydrogen) atoms. The lowest BCUT2D eigenvalue weighted by atomic mass is 10.1. The molecule has 1 heterocycles. The van der Waals surface area contributed by atoms with Crippen LogP contribution >= 0.6 is 11.6 Å². The first kappa shape index (κ1) is 12.2. The van der Waals surface area contributed by atoms with E-state index < -0.39 is 0 Å². The van der Waals surface area contributed by atoms with E-state index in [9.17, 15) is 4.79 Å². The van der Waals surface area contributed by atoms with Crippen molar-refractivity contribution in [3.05, 3.63) is 27.9 Å². The van der Waals surface area contributed by atoms with Gasteiger partial charge >= 0.3 is 0 Å². The molecular formula is C13H17ClN2O2. The van der Waals surface area contributed by atoms with Crippen molar-refractivity contribution in [3.63, 3.8) is 0 Å². The average Bonchev–Trinajstić information content (AvgIpc) is 3.23. The van der Waals surface area contributed by atoms with Crippen molar-refractivity contribution in [1.82, 2.24) is 9.97 Å². The van der Waals surface area contributed by atoms with Crippen molar-refractivity contribution in [2.75, 3.05) is 13.2 Å². The normalized spacial score (nSPS) is 20.9. The summed E-state index contributed by atoms with van der Waals surface area (Å²) in [4.78, 5) is 18.8. The van der Waals surface area contributed by atoms with E-state index in [1.165, 1.54) is 18.9 Å².